The van der Waals surface area contributed by atoms with Gasteiger partial charge in [-0.25, -0.2) is 8.78 Å². The van der Waals surface area contributed by atoms with Crippen LogP contribution in [0.2, 0.25) is 0 Å². The van der Waals surface area contributed by atoms with Gasteiger partial charge in [0, 0.05) is 6.07 Å². The minimum atomic E-state index is -1.48. The summed E-state index contributed by atoms with van der Waals surface area (Å²) in [6.45, 7) is 3.52. The highest BCUT2D eigenvalue weighted by atomic mass is 19.2. The lowest BCUT2D eigenvalue weighted by Gasteiger charge is -2.17. The van der Waals surface area contributed by atoms with Crippen LogP contribution in [-0.2, 0) is 4.79 Å². The summed E-state index contributed by atoms with van der Waals surface area (Å²) in [5, 5.41) is 12.8. The van der Waals surface area contributed by atoms with E-state index in [-0.39, 0.29) is 5.92 Å². The molecule has 0 bridgehead atoms. The highest BCUT2D eigenvalue weighted by Crippen LogP contribution is 2.29. The zero-order valence-corrected chi connectivity index (χ0v) is 11.0. The van der Waals surface area contributed by atoms with Crippen molar-refractivity contribution in [3.8, 4) is 0 Å². The summed E-state index contributed by atoms with van der Waals surface area (Å²) in [7, 11) is 0. The molecule has 0 aliphatic heterocycles. The van der Waals surface area contributed by atoms with Crippen molar-refractivity contribution >= 4 is 17.3 Å². The molecule has 110 valence electrons. The first-order valence-electron chi connectivity index (χ1n) is 5.98. The zero-order chi connectivity index (χ0) is 15.4. The van der Waals surface area contributed by atoms with Gasteiger partial charge in [-0.3, -0.25) is 14.9 Å². The van der Waals surface area contributed by atoms with Crippen LogP contribution >= 0.6 is 0 Å². The largest absolute Gasteiger partial charge is 0.320 e. The molecule has 2 unspecified atom stereocenters. The number of rotatable bonds is 5. The number of halogens is 2. The van der Waals surface area contributed by atoms with Gasteiger partial charge in [-0.05, 0) is 12.0 Å². The lowest BCUT2D eigenvalue weighted by Crippen LogP contribution is -2.41. The Morgan fingerprint density at radius 3 is 2.60 bits per heavy atom. The number of benzene rings is 1. The number of hydrogen-bond donors (Lipinski definition) is 2. The highest BCUT2D eigenvalue weighted by molar-refractivity contribution is 5.96. The molecule has 0 fully saturated rings. The van der Waals surface area contributed by atoms with Gasteiger partial charge in [0.1, 0.15) is 0 Å². The number of nitrogens with zero attached hydrogens (tertiary/aromatic N) is 1. The minimum Gasteiger partial charge on any atom is -0.320 e. The van der Waals surface area contributed by atoms with E-state index in [1.807, 2.05) is 12.2 Å². The molecule has 0 spiro atoms. The Hall–Kier alpha value is -2.09. The smallest absolute Gasteiger partial charge is 0.296 e. The second kappa shape index (κ2) is 6.38. The maximum atomic E-state index is 13.6. The Bertz CT molecular complexity index is 537. The number of carbonyl (C=O) groups is 1. The minimum absolute atomic E-state index is 0.203. The molecule has 1 aromatic carbocycles. The zero-order valence-electron chi connectivity index (χ0n) is 11.0. The molecule has 8 heteroatoms. The van der Waals surface area contributed by atoms with Gasteiger partial charge in [-0.2, -0.15) is 0 Å². The molecule has 0 saturated heterocycles. The molecule has 0 heterocycles. The van der Waals surface area contributed by atoms with E-state index in [9.17, 15) is 23.7 Å². The molecular formula is C12H15F2N3O3. The maximum absolute atomic E-state index is 13.6. The number of carbonyl (C=O) groups excluding carboxylic acids is 1. The second-order valence-corrected chi connectivity index (χ2v) is 4.41. The van der Waals surface area contributed by atoms with Crippen LogP contribution in [-0.4, -0.2) is 16.9 Å². The van der Waals surface area contributed by atoms with E-state index in [4.69, 9.17) is 5.73 Å². The first-order valence-corrected chi connectivity index (χ1v) is 5.98. The van der Waals surface area contributed by atoms with Crippen molar-refractivity contribution in [2.45, 2.75) is 26.3 Å². The Labute approximate surface area is 114 Å². The molecule has 6 nitrogen and oxygen atoms in total. The number of amides is 1. The summed E-state index contributed by atoms with van der Waals surface area (Å²) in [6.07, 6.45) is 0.600. The lowest BCUT2D eigenvalue weighted by atomic mass is 9.99. The van der Waals surface area contributed by atoms with E-state index in [1.54, 1.807) is 6.92 Å². The van der Waals surface area contributed by atoms with Crippen molar-refractivity contribution in [1.82, 2.24) is 0 Å². The monoisotopic (exact) mass is 287 g/mol. The molecular weight excluding hydrogens is 272 g/mol. The Balaban J connectivity index is 3.11. The molecule has 20 heavy (non-hydrogen) atoms. The van der Waals surface area contributed by atoms with Crippen LogP contribution < -0.4 is 11.1 Å². The fourth-order valence-electron chi connectivity index (χ4n) is 1.53. The summed E-state index contributed by atoms with van der Waals surface area (Å²) in [5.41, 5.74) is 4.10. The van der Waals surface area contributed by atoms with Gasteiger partial charge >= 0.3 is 0 Å². The molecule has 2 atom stereocenters. The molecule has 0 saturated carbocycles. The van der Waals surface area contributed by atoms with Crippen molar-refractivity contribution in [3.63, 3.8) is 0 Å². The highest BCUT2D eigenvalue weighted by Gasteiger charge is 2.26. The summed E-state index contributed by atoms with van der Waals surface area (Å²) >= 11 is 0. The van der Waals surface area contributed by atoms with Crippen molar-refractivity contribution < 1.29 is 18.5 Å². The van der Waals surface area contributed by atoms with Gasteiger partial charge < -0.3 is 11.1 Å². The quantitative estimate of drug-likeness (QED) is 0.640. The average molecular weight is 287 g/mol. The number of nitro groups is 1. The number of hydrogen-bond acceptors (Lipinski definition) is 4. The molecule has 0 aliphatic rings. The van der Waals surface area contributed by atoms with Gasteiger partial charge in [0.05, 0.1) is 11.0 Å². The predicted molar refractivity (Wildman–Crippen MR) is 69.1 cm³/mol. The number of nitrogens with one attached hydrogen (secondary N) is 1. The second-order valence-electron chi connectivity index (χ2n) is 4.41. The van der Waals surface area contributed by atoms with Crippen LogP contribution in [0.15, 0.2) is 12.1 Å². The standard InChI is InChI=1S/C12H15F2N3O3/c1-3-6(2)10(15)12(18)16-11-8(17(19)20)5-4-7(13)9(11)14/h4-6,10H,3,15H2,1-2H3,(H,16,18). The van der Waals surface area contributed by atoms with E-state index in [0.717, 1.165) is 6.07 Å². The summed E-state index contributed by atoms with van der Waals surface area (Å²) in [6, 6.07) is 0.433. The molecule has 0 radical (unpaired) electrons. The van der Waals surface area contributed by atoms with E-state index < -0.39 is 39.9 Å². The number of nitrogens with two attached hydrogens (primary N) is 1. The van der Waals surface area contributed by atoms with E-state index in [2.05, 4.69) is 0 Å². The summed E-state index contributed by atoms with van der Waals surface area (Å²) in [4.78, 5) is 21.7. The maximum Gasteiger partial charge on any atom is 0.296 e. The van der Waals surface area contributed by atoms with Gasteiger partial charge in [0.15, 0.2) is 17.3 Å². The van der Waals surface area contributed by atoms with E-state index in [1.165, 1.54) is 0 Å². The van der Waals surface area contributed by atoms with Crippen molar-refractivity contribution in [1.29, 1.82) is 0 Å². The Kier molecular flexibility index (Phi) is 5.09. The third-order valence-corrected chi connectivity index (χ3v) is 3.08. The van der Waals surface area contributed by atoms with Crippen molar-refractivity contribution in [3.05, 3.63) is 33.9 Å². The average Bonchev–Trinajstić information content (AvgIpc) is 2.41. The third-order valence-electron chi connectivity index (χ3n) is 3.08. The predicted octanol–water partition coefficient (Wildman–Crippen LogP) is 2.18. The first-order chi connectivity index (χ1) is 9.29. The Morgan fingerprint density at radius 2 is 2.10 bits per heavy atom. The van der Waals surface area contributed by atoms with E-state index in [0.29, 0.717) is 12.5 Å². The van der Waals surface area contributed by atoms with Crippen LogP contribution in [0.1, 0.15) is 20.3 Å². The fraction of sp³-hybridized carbons (Fsp3) is 0.417. The SMILES string of the molecule is CCC(C)C(N)C(=O)Nc1c([N+](=O)[O-])ccc(F)c1F. The number of anilines is 1. The van der Waals surface area contributed by atoms with Gasteiger partial charge in [-0.15, -0.1) is 0 Å². The molecule has 0 aliphatic carbocycles. The molecule has 1 amide bonds. The molecule has 1 rings (SSSR count). The normalized spacial score (nSPS) is 13.7. The fourth-order valence-corrected chi connectivity index (χ4v) is 1.53. The van der Waals surface area contributed by atoms with Crippen LogP contribution in [0.4, 0.5) is 20.2 Å². The Morgan fingerprint density at radius 1 is 1.50 bits per heavy atom. The van der Waals surface area contributed by atoms with Crippen LogP contribution in [0.25, 0.3) is 0 Å². The lowest BCUT2D eigenvalue weighted by molar-refractivity contribution is -0.384. The van der Waals surface area contributed by atoms with Crippen molar-refractivity contribution in [2.75, 3.05) is 5.32 Å². The van der Waals surface area contributed by atoms with Crippen LogP contribution in [0.3, 0.4) is 0 Å². The van der Waals surface area contributed by atoms with Gasteiger partial charge in [-0.1, -0.05) is 20.3 Å². The van der Waals surface area contributed by atoms with E-state index >= 15 is 0 Å². The van der Waals surface area contributed by atoms with Gasteiger partial charge in [0.25, 0.3) is 5.69 Å². The van der Waals surface area contributed by atoms with Crippen molar-refractivity contribution in [2.24, 2.45) is 11.7 Å². The summed E-state index contributed by atoms with van der Waals surface area (Å²) in [5.74, 6) is -3.77. The number of nitro benzene ring substituents is 1. The summed E-state index contributed by atoms with van der Waals surface area (Å²) < 4.78 is 26.7. The molecule has 0 aromatic heterocycles. The topological polar surface area (TPSA) is 98.3 Å². The van der Waals surface area contributed by atoms with Crippen LogP contribution in [0, 0.1) is 27.7 Å². The first kappa shape index (κ1) is 16.0. The van der Waals surface area contributed by atoms with Crippen LogP contribution in [0.5, 0.6) is 0 Å². The molecule has 3 N–H and O–H groups in total. The third kappa shape index (κ3) is 3.27. The van der Waals surface area contributed by atoms with Gasteiger partial charge in [0.2, 0.25) is 5.91 Å². The molecule has 1 aromatic rings.